The van der Waals surface area contributed by atoms with Crippen LogP contribution in [0.4, 0.5) is 5.82 Å². The first kappa shape index (κ1) is 17.1. The van der Waals surface area contributed by atoms with E-state index in [-0.39, 0.29) is 0 Å². The summed E-state index contributed by atoms with van der Waals surface area (Å²) < 4.78 is 6.97. The molecule has 0 radical (unpaired) electrons. The number of carboxylic acid groups (broad SMARTS) is 1. The summed E-state index contributed by atoms with van der Waals surface area (Å²) >= 11 is 0. The summed E-state index contributed by atoms with van der Waals surface area (Å²) in [5.74, 6) is -0.512. The van der Waals surface area contributed by atoms with Crippen LogP contribution in [0.5, 0.6) is 0 Å². The van der Waals surface area contributed by atoms with Crippen LogP contribution in [0.25, 0.3) is 11.2 Å². The van der Waals surface area contributed by atoms with Gasteiger partial charge in [0, 0.05) is 6.54 Å². The van der Waals surface area contributed by atoms with Crippen molar-refractivity contribution in [1.29, 1.82) is 0 Å². The first-order chi connectivity index (χ1) is 12.5. The van der Waals surface area contributed by atoms with Crippen LogP contribution in [0.3, 0.4) is 0 Å². The van der Waals surface area contributed by atoms with Crippen molar-refractivity contribution >= 4 is 23.0 Å². The Morgan fingerprint density at radius 2 is 2.08 bits per heavy atom. The normalized spacial score (nSPS) is 31.8. The number of rotatable bonds is 4. The monoisotopic (exact) mass is 365 g/mol. The second kappa shape index (κ2) is 6.43. The fourth-order valence-electron chi connectivity index (χ4n) is 3.62. The fourth-order valence-corrected chi connectivity index (χ4v) is 3.62. The summed E-state index contributed by atoms with van der Waals surface area (Å²) in [6.07, 6.45) is -0.426. The van der Waals surface area contributed by atoms with Gasteiger partial charge in [0.05, 0.1) is 12.9 Å². The van der Waals surface area contributed by atoms with Gasteiger partial charge in [-0.3, -0.25) is 4.57 Å². The molecule has 11 heteroatoms. The lowest BCUT2D eigenvalue weighted by Crippen LogP contribution is -2.36. The van der Waals surface area contributed by atoms with Crippen molar-refractivity contribution in [3.8, 4) is 0 Å². The van der Waals surface area contributed by atoms with E-state index in [1.807, 2.05) is 0 Å². The maximum absolute atomic E-state index is 11.5. The molecule has 2 aromatic heterocycles. The quantitative estimate of drug-likeness (QED) is 0.503. The zero-order chi connectivity index (χ0) is 18.4. The van der Waals surface area contributed by atoms with Gasteiger partial charge in [-0.25, -0.2) is 19.7 Å². The van der Waals surface area contributed by atoms with Gasteiger partial charge in [0.25, 0.3) is 0 Å². The van der Waals surface area contributed by atoms with Crippen molar-refractivity contribution in [3.63, 3.8) is 0 Å². The van der Waals surface area contributed by atoms with Gasteiger partial charge in [-0.15, -0.1) is 0 Å². The third-order valence-electron chi connectivity index (χ3n) is 4.94. The van der Waals surface area contributed by atoms with Gasteiger partial charge >= 0.3 is 5.97 Å². The molecule has 0 amide bonds. The lowest BCUT2D eigenvalue weighted by Gasteiger charge is -2.22. The largest absolute Gasteiger partial charge is 0.480 e. The molecule has 140 valence electrons. The van der Waals surface area contributed by atoms with Crippen LogP contribution in [-0.2, 0) is 9.53 Å². The molecular formula is C15H19N5O6. The minimum absolute atomic E-state index is 0.348. The topological polar surface area (TPSA) is 154 Å². The number of carbonyl (C=O) groups is 1. The van der Waals surface area contributed by atoms with Crippen LogP contribution in [0.2, 0.25) is 0 Å². The number of nitrogens with zero attached hydrogens (tertiary/aromatic N) is 5. The summed E-state index contributed by atoms with van der Waals surface area (Å²) in [7, 11) is 0. The third-order valence-corrected chi connectivity index (χ3v) is 4.94. The molecule has 0 aromatic carbocycles. The second-order valence-electron chi connectivity index (χ2n) is 6.44. The van der Waals surface area contributed by atoms with Gasteiger partial charge in [-0.2, -0.15) is 0 Å². The van der Waals surface area contributed by atoms with E-state index < -0.39 is 43.2 Å². The molecule has 5 atom stereocenters. The average Bonchev–Trinajstić information content (AvgIpc) is 3.33. The number of imidazole rings is 1. The number of anilines is 1. The van der Waals surface area contributed by atoms with Gasteiger partial charge in [-0.1, -0.05) is 0 Å². The van der Waals surface area contributed by atoms with Crippen LogP contribution in [-0.4, -0.2) is 83.4 Å². The van der Waals surface area contributed by atoms with E-state index in [0.717, 1.165) is 6.42 Å². The van der Waals surface area contributed by atoms with E-state index in [1.165, 1.54) is 17.2 Å². The lowest BCUT2D eigenvalue weighted by atomic mass is 10.1. The van der Waals surface area contributed by atoms with Crippen LogP contribution in [0.15, 0.2) is 12.7 Å². The summed E-state index contributed by atoms with van der Waals surface area (Å²) in [5, 5.41) is 38.8. The maximum Gasteiger partial charge on any atom is 0.326 e. The molecule has 2 aliphatic heterocycles. The SMILES string of the molecule is O=C(O)[C@@H]1CCCN1c1ncnc2c1ncn2[C@@H]1O[C@H](CO)[C@H](O)C1O. The van der Waals surface area contributed by atoms with Gasteiger partial charge < -0.3 is 30.1 Å². The molecule has 2 aromatic rings. The number of hydrogen-bond acceptors (Lipinski definition) is 9. The Morgan fingerprint density at radius 3 is 2.77 bits per heavy atom. The van der Waals surface area contributed by atoms with Crippen molar-refractivity contribution in [2.75, 3.05) is 18.1 Å². The van der Waals surface area contributed by atoms with E-state index in [1.54, 1.807) is 4.90 Å². The smallest absolute Gasteiger partial charge is 0.326 e. The molecule has 0 aliphatic carbocycles. The van der Waals surface area contributed by atoms with Crippen molar-refractivity contribution in [3.05, 3.63) is 12.7 Å². The molecule has 2 aliphatic rings. The van der Waals surface area contributed by atoms with Crippen LogP contribution in [0, 0.1) is 0 Å². The summed E-state index contributed by atoms with van der Waals surface area (Å²) in [6.45, 7) is 0.111. The number of ether oxygens (including phenoxy) is 1. The maximum atomic E-state index is 11.5. The van der Waals surface area contributed by atoms with Crippen molar-refractivity contribution < 1.29 is 30.0 Å². The molecule has 11 nitrogen and oxygen atoms in total. The predicted octanol–water partition coefficient (Wildman–Crippen LogP) is -1.51. The summed E-state index contributed by atoms with van der Waals surface area (Å²) in [6, 6.07) is -0.674. The molecular weight excluding hydrogens is 346 g/mol. The molecule has 1 unspecified atom stereocenters. The molecule has 0 spiro atoms. The first-order valence-electron chi connectivity index (χ1n) is 8.32. The van der Waals surface area contributed by atoms with E-state index in [0.29, 0.717) is 29.9 Å². The lowest BCUT2D eigenvalue weighted by molar-refractivity contribution is -0.138. The Bertz CT molecular complexity index is 828. The molecule has 2 fully saturated rings. The van der Waals surface area contributed by atoms with Crippen LogP contribution in [0.1, 0.15) is 19.1 Å². The Balaban J connectivity index is 1.73. The molecule has 0 bridgehead atoms. The standard InChI is InChI=1S/C15H19N5O6/c21-4-8-10(22)11(23)14(26-8)20-6-18-9-12(16-5-17-13(9)20)19-3-1-2-7(19)15(24)25/h5-8,10-11,14,21-23H,1-4H2,(H,24,25)/t7-,8+,10-,11?,14+/m0/s1. The molecule has 4 heterocycles. The van der Waals surface area contributed by atoms with Gasteiger partial charge in [0.2, 0.25) is 0 Å². The zero-order valence-electron chi connectivity index (χ0n) is 13.7. The zero-order valence-corrected chi connectivity index (χ0v) is 13.7. The van der Waals surface area contributed by atoms with Gasteiger partial charge in [-0.05, 0) is 12.8 Å². The van der Waals surface area contributed by atoms with E-state index >= 15 is 0 Å². The fraction of sp³-hybridized carbons (Fsp3) is 0.600. The minimum atomic E-state index is -1.26. The molecule has 0 saturated carbocycles. The number of aliphatic hydroxyl groups excluding tert-OH is 3. The molecule has 4 rings (SSSR count). The average molecular weight is 365 g/mol. The molecule has 2 saturated heterocycles. The highest BCUT2D eigenvalue weighted by atomic mass is 16.6. The third kappa shape index (κ3) is 2.51. The van der Waals surface area contributed by atoms with Crippen LogP contribution < -0.4 is 4.90 Å². The second-order valence-corrected chi connectivity index (χ2v) is 6.44. The van der Waals surface area contributed by atoms with Crippen molar-refractivity contribution in [2.45, 2.75) is 43.4 Å². The Hall–Kier alpha value is -2.34. The number of hydrogen-bond donors (Lipinski definition) is 4. The molecule has 4 N–H and O–H groups in total. The van der Waals surface area contributed by atoms with Gasteiger partial charge in [0.1, 0.15) is 30.7 Å². The van der Waals surface area contributed by atoms with Crippen molar-refractivity contribution in [1.82, 2.24) is 19.5 Å². The Morgan fingerprint density at radius 1 is 1.27 bits per heavy atom. The predicted molar refractivity (Wildman–Crippen MR) is 86.3 cm³/mol. The van der Waals surface area contributed by atoms with E-state index in [9.17, 15) is 25.2 Å². The van der Waals surface area contributed by atoms with E-state index in [2.05, 4.69) is 15.0 Å². The highest BCUT2D eigenvalue weighted by Crippen LogP contribution is 2.34. The summed E-state index contributed by atoms with van der Waals surface area (Å²) in [4.78, 5) is 25.8. The summed E-state index contributed by atoms with van der Waals surface area (Å²) in [5.41, 5.74) is 0.735. The van der Waals surface area contributed by atoms with Crippen LogP contribution >= 0.6 is 0 Å². The number of fused-ring (bicyclic) bond motifs is 1. The van der Waals surface area contributed by atoms with E-state index in [4.69, 9.17) is 4.74 Å². The number of aromatic nitrogens is 4. The molecule has 26 heavy (non-hydrogen) atoms. The van der Waals surface area contributed by atoms with Crippen molar-refractivity contribution in [2.24, 2.45) is 0 Å². The number of carboxylic acids is 1. The number of aliphatic hydroxyl groups is 3. The number of aliphatic carboxylic acids is 1. The first-order valence-corrected chi connectivity index (χ1v) is 8.32. The Labute approximate surface area is 147 Å². The minimum Gasteiger partial charge on any atom is -0.480 e. The highest BCUT2D eigenvalue weighted by Gasteiger charge is 2.44. The Kier molecular flexibility index (Phi) is 4.23. The highest BCUT2D eigenvalue weighted by molar-refractivity contribution is 5.87. The van der Waals surface area contributed by atoms with Gasteiger partial charge in [0.15, 0.2) is 23.2 Å².